The molecule has 0 aromatic heterocycles. The van der Waals surface area contributed by atoms with Gasteiger partial charge in [-0.05, 0) is 32.0 Å². The van der Waals surface area contributed by atoms with E-state index in [-0.39, 0.29) is 16.3 Å². The minimum absolute atomic E-state index is 0.154. The van der Waals surface area contributed by atoms with Crippen molar-refractivity contribution in [3.63, 3.8) is 0 Å². The van der Waals surface area contributed by atoms with E-state index in [0.29, 0.717) is 15.6 Å². The highest BCUT2D eigenvalue weighted by atomic mass is 79.9. The predicted octanol–water partition coefficient (Wildman–Crippen LogP) is 4.29. The quantitative estimate of drug-likeness (QED) is 0.818. The van der Waals surface area contributed by atoms with Crippen molar-refractivity contribution in [2.45, 2.75) is 31.1 Å². The van der Waals surface area contributed by atoms with Crippen molar-refractivity contribution >= 4 is 45.0 Å². The Balaban J connectivity index is 2.87. The number of carbonyl (C=O) groups excluding carboxylic acids is 1. The molecule has 0 saturated carbocycles. The Bertz CT molecular complexity index is 433. The van der Waals surface area contributed by atoms with Crippen molar-refractivity contribution in [2.24, 2.45) is 0 Å². The molecule has 0 radical (unpaired) electrons. The van der Waals surface area contributed by atoms with Crippen LogP contribution in [0.5, 0.6) is 0 Å². The van der Waals surface area contributed by atoms with Gasteiger partial charge in [0.2, 0.25) is 0 Å². The smallest absolute Gasteiger partial charge is 0.251 e. The summed E-state index contributed by atoms with van der Waals surface area (Å²) in [7, 11) is 0. The number of hydrogen-bond donors (Lipinski definition) is 1. The molecule has 0 aliphatic rings. The topological polar surface area (TPSA) is 29.1 Å². The van der Waals surface area contributed by atoms with Crippen LogP contribution >= 0.6 is 39.1 Å². The van der Waals surface area contributed by atoms with E-state index in [0.717, 1.165) is 0 Å². The third-order valence-electron chi connectivity index (χ3n) is 2.61. The van der Waals surface area contributed by atoms with E-state index in [1.807, 2.05) is 20.8 Å². The van der Waals surface area contributed by atoms with E-state index < -0.39 is 0 Å². The van der Waals surface area contributed by atoms with Gasteiger partial charge in [-0.15, -0.1) is 0 Å². The van der Waals surface area contributed by atoms with Crippen LogP contribution in [0.2, 0.25) is 10.0 Å². The van der Waals surface area contributed by atoms with Crippen LogP contribution in [0.4, 0.5) is 0 Å². The summed E-state index contributed by atoms with van der Waals surface area (Å²) in [5.74, 6) is -0.167. The maximum Gasteiger partial charge on any atom is 0.251 e. The van der Waals surface area contributed by atoms with E-state index in [1.54, 1.807) is 18.2 Å². The highest BCUT2D eigenvalue weighted by molar-refractivity contribution is 9.09. The van der Waals surface area contributed by atoms with Gasteiger partial charge in [0.1, 0.15) is 0 Å². The lowest BCUT2D eigenvalue weighted by Gasteiger charge is -2.29. The Morgan fingerprint density at radius 1 is 1.35 bits per heavy atom. The van der Waals surface area contributed by atoms with Crippen molar-refractivity contribution in [3.05, 3.63) is 33.8 Å². The van der Waals surface area contributed by atoms with Crippen LogP contribution < -0.4 is 5.32 Å². The molecule has 0 fully saturated rings. The zero-order valence-electron chi connectivity index (χ0n) is 9.85. The molecule has 5 heteroatoms. The molecule has 94 valence electrons. The van der Waals surface area contributed by atoms with Crippen molar-refractivity contribution in [1.29, 1.82) is 0 Å². The third kappa shape index (κ3) is 3.87. The highest BCUT2D eigenvalue weighted by Crippen LogP contribution is 2.23. The summed E-state index contributed by atoms with van der Waals surface area (Å²) < 4.78 is 0. The maximum absolute atomic E-state index is 12.0. The fraction of sp³-hybridized carbons (Fsp3) is 0.417. The average Bonchev–Trinajstić information content (AvgIpc) is 2.21. The first-order valence-electron chi connectivity index (χ1n) is 5.15. The molecule has 1 N–H and O–H groups in total. The molecule has 1 unspecified atom stereocenters. The first-order valence-corrected chi connectivity index (χ1v) is 6.83. The molecule has 0 bridgehead atoms. The van der Waals surface area contributed by atoms with E-state index >= 15 is 0 Å². The van der Waals surface area contributed by atoms with Crippen molar-refractivity contribution < 1.29 is 4.79 Å². The zero-order valence-corrected chi connectivity index (χ0v) is 12.9. The van der Waals surface area contributed by atoms with E-state index in [1.165, 1.54) is 0 Å². The number of rotatable bonds is 3. The number of halogens is 3. The maximum atomic E-state index is 12.0. The number of carbonyl (C=O) groups is 1. The summed E-state index contributed by atoms with van der Waals surface area (Å²) in [6, 6.07) is 4.83. The lowest BCUT2D eigenvalue weighted by Crippen LogP contribution is -2.48. The minimum atomic E-state index is -0.344. The van der Waals surface area contributed by atoms with Crippen LogP contribution in [0.15, 0.2) is 18.2 Å². The van der Waals surface area contributed by atoms with Gasteiger partial charge in [-0.3, -0.25) is 4.79 Å². The number of nitrogens with one attached hydrogen (secondary N) is 1. The molecule has 1 aromatic rings. The van der Waals surface area contributed by atoms with E-state index in [2.05, 4.69) is 21.2 Å². The lowest BCUT2D eigenvalue weighted by molar-refractivity contribution is 0.0914. The van der Waals surface area contributed by atoms with Gasteiger partial charge < -0.3 is 5.32 Å². The normalized spacial score (nSPS) is 13.3. The first kappa shape index (κ1) is 14.8. The molecule has 0 saturated heterocycles. The van der Waals surface area contributed by atoms with Crippen molar-refractivity contribution in [3.8, 4) is 0 Å². The summed E-state index contributed by atoms with van der Waals surface area (Å²) in [6.07, 6.45) is 0. The summed E-state index contributed by atoms with van der Waals surface area (Å²) in [6.45, 7) is 5.87. The van der Waals surface area contributed by atoms with Crippen LogP contribution in [0.1, 0.15) is 31.1 Å². The zero-order chi connectivity index (χ0) is 13.2. The number of benzene rings is 1. The second kappa shape index (κ2) is 5.59. The molecule has 1 rings (SSSR count). The van der Waals surface area contributed by atoms with E-state index in [4.69, 9.17) is 23.2 Å². The van der Waals surface area contributed by atoms with E-state index in [9.17, 15) is 4.79 Å². The van der Waals surface area contributed by atoms with Gasteiger partial charge in [0.05, 0.1) is 10.0 Å². The SMILES string of the molecule is CC(Br)C(C)(C)NC(=O)c1ccc(Cl)c(Cl)c1. The Kier molecular flexibility index (Phi) is 4.87. The molecule has 0 spiro atoms. The van der Waals surface area contributed by atoms with Crippen molar-refractivity contribution in [1.82, 2.24) is 5.32 Å². The summed E-state index contributed by atoms with van der Waals surface area (Å²) in [5.41, 5.74) is 0.157. The molecular weight excluding hydrogens is 325 g/mol. The molecular formula is C12H14BrCl2NO. The Morgan fingerprint density at radius 3 is 2.41 bits per heavy atom. The molecule has 1 aromatic carbocycles. The molecule has 0 heterocycles. The Labute approximate surface area is 120 Å². The molecule has 1 atom stereocenters. The number of alkyl halides is 1. The largest absolute Gasteiger partial charge is 0.346 e. The van der Waals surface area contributed by atoms with Crippen LogP contribution in [-0.4, -0.2) is 16.3 Å². The Hall–Kier alpha value is -0.250. The number of hydrogen-bond acceptors (Lipinski definition) is 1. The monoisotopic (exact) mass is 337 g/mol. The second-order valence-corrected chi connectivity index (χ2v) is 6.61. The van der Waals surface area contributed by atoms with Crippen molar-refractivity contribution in [2.75, 3.05) is 0 Å². The Morgan fingerprint density at radius 2 is 1.94 bits per heavy atom. The summed E-state index contributed by atoms with van der Waals surface area (Å²) >= 11 is 15.1. The van der Waals surface area contributed by atoms with Gasteiger partial charge in [-0.25, -0.2) is 0 Å². The van der Waals surface area contributed by atoms with Gasteiger partial charge in [0.15, 0.2) is 0 Å². The van der Waals surface area contributed by atoms with Gasteiger partial charge in [-0.2, -0.15) is 0 Å². The van der Waals surface area contributed by atoms with Crippen LogP contribution in [-0.2, 0) is 0 Å². The molecule has 0 aliphatic heterocycles. The van der Waals surface area contributed by atoms with Crippen LogP contribution in [0, 0.1) is 0 Å². The molecule has 17 heavy (non-hydrogen) atoms. The van der Waals surface area contributed by atoms with Gasteiger partial charge in [0, 0.05) is 15.9 Å². The fourth-order valence-electron chi connectivity index (χ4n) is 1.10. The second-order valence-electron chi connectivity index (χ2n) is 4.42. The minimum Gasteiger partial charge on any atom is -0.346 e. The fourth-order valence-corrected chi connectivity index (χ4v) is 1.51. The summed E-state index contributed by atoms with van der Waals surface area (Å²) in [5, 5.41) is 3.75. The van der Waals surface area contributed by atoms with Crippen LogP contribution in [0.25, 0.3) is 0 Å². The van der Waals surface area contributed by atoms with Crippen LogP contribution in [0.3, 0.4) is 0 Å². The predicted molar refractivity (Wildman–Crippen MR) is 76.4 cm³/mol. The third-order valence-corrected chi connectivity index (χ3v) is 4.50. The first-order chi connectivity index (χ1) is 7.74. The van der Waals surface area contributed by atoms with Gasteiger partial charge >= 0.3 is 0 Å². The molecule has 0 aliphatic carbocycles. The highest BCUT2D eigenvalue weighted by Gasteiger charge is 2.26. The molecule has 2 nitrogen and oxygen atoms in total. The van der Waals surface area contributed by atoms with Gasteiger partial charge in [-0.1, -0.05) is 46.1 Å². The summed E-state index contributed by atoms with van der Waals surface area (Å²) in [4.78, 5) is 12.1. The molecule has 1 amide bonds. The lowest BCUT2D eigenvalue weighted by atomic mass is 10.0. The number of amides is 1. The average molecular weight is 339 g/mol. The van der Waals surface area contributed by atoms with Gasteiger partial charge in [0.25, 0.3) is 5.91 Å². The standard InChI is InChI=1S/C12H14BrCl2NO/c1-7(13)12(2,3)16-11(17)8-4-5-9(14)10(15)6-8/h4-7H,1-3H3,(H,16,17).